The fourth-order valence-electron chi connectivity index (χ4n) is 11.3. The topological polar surface area (TPSA) is 228 Å². The van der Waals surface area contributed by atoms with Crippen molar-refractivity contribution in [3.63, 3.8) is 0 Å². The van der Waals surface area contributed by atoms with Crippen LogP contribution in [0.2, 0.25) is 0 Å². The maximum Gasteiger partial charge on any atom is 0.220 e. The van der Waals surface area contributed by atoms with Crippen molar-refractivity contribution in [1.29, 1.82) is 0 Å². The highest BCUT2D eigenvalue weighted by atomic mass is 16.7. The summed E-state index contributed by atoms with van der Waals surface area (Å²) in [7, 11) is 0. The van der Waals surface area contributed by atoms with Crippen molar-refractivity contribution >= 4 is 5.91 Å². The van der Waals surface area contributed by atoms with Crippen molar-refractivity contribution in [3.8, 4) is 0 Å². The predicted molar refractivity (Wildman–Crippen MR) is 323 cm³/mol. The second-order valence-electron chi connectivity index (χ2n) is 24.0. The molecule has 14 heteroatoms. The van der Waals surface area contributed by atoms with Gasteiger partial charge in [0.2, 0.25) is 5.91 Å². The van der Waals surface area contributed by atoms with Gasteiger partial charge in [-0.2, -0.15) is 0 Å². The molecule has 2 aliphatic heterocycles. The highest BCUT2D eigenvalue weighted by Crippen LogP contribution is 2.30. The second kappa shape index (κ2) is 51.9. The minimum Gasteiger partial charge on any atom is -0.394 e. The maximum absolute atomic E-state index is 13.2. The summed E-state index contributed by atoms with van der Waals surface area (Å²) in [4.78, 5) is 13.2. The number of hydrogen-bond acceptors (Lipinski definition) is 13. The average Bonchev–Trinajstić information content (AvgIpc) is 3.49. The summed E-state index contributed by atoms with van der Waals surface area (Å²) in [6.45, 7) is 2.84. The van der Waals surface area contributed by atoms with E-state index in [9.17, 15) is 45.6 Å². The molecule has 0 aromatic rings. The highest BCUT2D eigenvalue weighted by molar-refractivity contribution is 5.76. The Balaban J connectivity index is 1.52. The molecule has 9 N–H and O–H groups in total. The van der Waals surface area contributed by atoms with Gasteiger partial charge >= 0.3 is 0 Å². The van der Waals surface area contributed by atoms with Crippen LogP contribution in [0.5, 0.6) is 0 Å². The number of nitrogens with one attached hydrogen (secondary N) is 1. The van der Waals surface area contributed by atoms with Crippen LogP contribution in [0.25, 0.3) is 0 Å². The van der Waals surface area contributed by atoms with Crippen molar-refractivity contribution in [1.82, 2.24) is 5.32 Å². The van der Waals surface area contributed by atoms with Crippen molar-refractivity contribution < 1.29 is 64.6 Å². The zero-order chi connectivity index (χ0) is 58.1. The normalized spacial score (nSPS) is 24.3. The number of aliphatic hydroxyl groups excluding tert-OH is 8. The Morgan fingerprint density at radius 3 is 1.25 bits per heavy atom. The molecule has 1 amide bonds. The minimum absolute atomic E-state index is 0.204. The molecule has 2 saturated heterocycles. The zero-order valence-corrected chi connectivity index (χ0v) is 51.1. The van der Waals surface area contributed by atoms with E-state index in [1.807, 2.05) is 0 Å². The molecule has 0 spiro atoms. The molecule has 0 saturated carbocycles. The van der Waals surface area contributed by atoms with Crippen molar-refractivity contribution in [3.05, 3.63) is 24.3 Å². The number of unbranched alkanes of at least 4 members (excludes halogenated alkanes) is 38. The van der Waals surface area contributed by atoms with Crippen LogP contribution in [0.3, 0.4) is 0 Å². The summed E-state index contributed by atoms with van der Waals surface area (Å²) in [5.74, 6) is -0.204. The van der Waals surface area contributed by atoms with Gasteiger partial charge in [0.1, 0.15) is 48.8 Å². The van der Waals surface area contributed by atoms with Gasteiger partial charge in [-0.15, -0.1) is 0 Å². The van der Waals surface area contributed by atoms with E-state index in [0.717, 1.165) is 57.8 Å². The summed E-state index contributed by atoms with van der Waals surface area (Å²) in [5, 5.41) is 87.1. The predicted octanol–water partition coefficient (Wildman–Crippen LogP) is 12.8. The number of carbonyl (C=O) groups excluding carboxylic acids is 1. The third-order valence-corrected chi connectivity index (χ3v) is 16.7. The summed E-state index contributed by atoms with van der Waals surface area (Å²) in [5.41, 5.74) is 0. The van der Waals surface area contributed by atoms with E-state index in [2.05, 4.69) is 43.5 Å². The molecule has 0 aromatic heterocycles. The molecule has 2 aliphatic rings. The first kappa shape index (κ1) is 74.6. The van der Waals surface area contributed by atoms with Gasteiger partial charge in [0.15, 0.2) is 12.6 Å². The Morgan fingerprint density at radius 1 is 0.450 bits per heavy atom. The molecule has 0 radical (unpaired) electrons. The third-order valence-electron chi connectivity index (χ3n) is 16.7. The molecule has 0 bridgehead atoms. The Labute approximate surface area is 488 Å². The van der Waals surface area contributed by atoms with Gasteiger partial charge in [-0.3, -0.25) is 4.79 Å². The number of hydrogen-bond donors (Lipinski definition) is 9. The average molecular weight is 1140 g/mol. The number of carbonyl (C=O) groups is 1. The summed E-state index contributed by atoms with van der Waals surface area (Å²) >= 11 is 0. The lowest BCUT2D eigenvalue weighted by Gasteiger charge is -2.46. The first-order valence-corrected chi connectivity index (χ1v) is 33.6. The van der Waals surface area contributed by atoms with Crippen LogP contribution < -0.4 is 5.32 Å². The molecule has 2 heterocycles. The molecular formula is C66H125NO13. The van der Waals surface area contributed by atoms with E-state index in [-0.39, 0.29) is 12.5 Å². The molecule has 80 heavy (non-hydrogen) atoms. The summed E-state index contributed by atoms with van der Waals surface area (Å²) < 4.78 is 22.8. The van der Waals surface area contributed by atoms with Crippen molar-refractivity contribution in [2.75, 3.05) is 19.8 Å². The van der Waals surface area contributed by atoms with E-state index in [0.29, 0.717) is 12.8 Å². The monoisotopic (exact) mass is 1140 g/mol. The fourth-order valence-corrected chi connectivity index (χ4v) is 11.3. The largest absolute Gasteiger partial charge is 0.394 e. The van der Waals surface area contributed by atoms with Gasteiger partial charge in [0, 0.05) is 6.42 Å². The summed E-state index contributed by atoms with van der Waals surface area (Å²) in [6.07, 6.45) is 46.7. The number of aliphatic hydroxyl groups is 8. The molecule has 472 valence electrons. The lowest BCUT2D eigenvalue weighted by atomic mass is 9.97. The quantitative estimate of drug-likeness (QED) is 0.0204. The van der Waals surface area contributed by atoms with Crippen LogP contribution in [0.4, 0.5) is 0 Å². The van der Waals surface area contributed by atoms with Gasteiger partial charge in [-0.25, -0.2) is 0 Å². The Morgan fingerprint density at radius 2 is 0.825 bits per heavy atom. The number of rotatable bonds is 55. The number of allylic oxidation sites excluding steroid dienone is 4. The van der Waals surface area contributed by atoms with E-state index in [4.69, 9.17) is 18.9 Å². The Bertz CT molecular complexity index is 1440. The smallest absolute Gasteiger partial charge is 0.220 e. The van der Waals surface area contributed by atoms with E-state index >= 15 is 0 Å². The van der Waals surface area contributed by atoms with Gasteiger partial charge in [-0.05, 0) is 44.9 Å². The van der Waals surface area contributed by atoms with Gasteiger partial charge in [-0.1, -0.05) is 269 Å². The molecule has 2 fully saturated rings. The second-order valence-corrected chi connectivity index (χ2v) is 24.0. The van der Waals surface area contributed by atoms with Gasteiger partial charge < -0.3 is 65.1 Å². The molecule has 2 rings (SSSR count). The first-order valence-electron chi connectivity index (χ1n) is 33.6. The van der Waals surface area contributed by atoms with Crippen LogP contribution in [0.1, 0.15) is 296 Å². The van der Waals surface area contributed by atoms with E-state index in [1.165, 1.54) is 212 Å². The SMILES string of the molecule is CCCCCCC/C=C\C/C=C\CCCCCCCCCCCCCCCCCCCCCCCCCCCC(=O)NC(COC1OC(CO)C(OC2OC(CO)C(O)C(O)C2O)C(O)C1O)C(O)CCCCCCCCCCC. The van der Waals surface area contributed by atoms with Crippen LogP contribution in [-0.4, -0.2) is 140 Å². The highest BCUT2D eigenvalue weighted by Gasteiger charge is 2.51. The molecule has 12 unspecified atom stereocenters. The molecule has 12 atom stereocenters. The standard InChI is InChI=1S/C66H125NO13/c1-3-5-7-9-11-13-14-15-16-17-18-19-20-21-22-23-24-25-26-27-28-29-30-31-32-33-34-35-36-37-38-39-40-42-44-46-48-50-58(71)67-54(55(70)49-47-45-43-41-12-10-8-6-4-2)53-77-65-63(76)61(74)64(57(52-69)79-65)80-66-62(75)60(73)59(72)56(51-68)78-66/h14-15,17-18,54-57,59-66,68-70,72-76H,3-13,16,19-53H2,1-2H3,(H,67,71)/b15-14-,18-17-. The Kier molecular flexibility index (Phi) is 48.3. The number of ether oxygens (including phenoxy) is 4. The zero-order valence-electron chi connectivity index (χ0n) is 51.1. The van der Waals surface area contributed by atoms with Gasteiger partial charge in [0.05, 0.1) is 32.0 Å². The van der Waals surface area contributed by atoms with Crippen LogP contribution in [-0.2, 0) is 23.7 Å². The lowest BCUT2D eigenvalue weighted by Crippen LogP contribution is -2.65. The van der Waals surface area contributed by atoms with Crippen molar-refractivity contribution in [2.24, 2.45) is 0 Å². The Hall–Kier alpha value is -1.53. The van der Waals surface area contributed by atoms with Crippen LogP contribution in [0, 0.1) is 0 Å². The minimum atomic E-state index is -1.78. The van der Waals surface area contributed by atoms with E-state index < -0.39 is 86.8 Å². The van der Waals surface area contributed by atoms with Gasteiger partial charge in [0.25, 0.3) is 0 Å². The fraction of sp³-hybridized carbons (Fsp3) is 0.924. The molecule has 14 nitrogen and oxygen atoms in total. The van der Waals surface area contributed by atoms with Crippen LogP contribution >= 0.6 is 0 Å². The van der Waals surface area contributed by atoms with Crippen molar-refractivity contribution in [2.45, 2.75) is 370 Å². The lowest BCUT2D eigenvalue weighted by molar-refractivity contribution is -0.359. The summed E-state index contributed by atoms with van der Waals surface area (Å²) in [6, 6.07) is -0.823. The molecular weight excluding hydrogens is 1010 g/mol. The first-order chi connectivity index (χ1) is 39.1. The third kappa shape index (κ3) is 36.3. The van der Waals surface area contributed by atoms with Crippen LogP contribution in [0.15, 0.2) is 24.3 Å². The number of amides is 1. The molecule has 0 aromatic carbocycles. The molecule has 0 aliphatic carbocycles. The maximum atomic E-state index is 13.2. The van der Waals surface area contributed by atoms with E-state index in [1.54, 1.807) is 0 Å².